The van der Waals surface area contributed by atoms with Gasteiger partial charge in [0.15, 0.2) is 5.11 Å². The number of nitrogens with zero attached hydrogens (tertiary/aromatic N) is 2. The first kappa shape index (κ1) is 21.3. The molecule has 0 unspecified atom stereocenters. The van der Waals surface area contributed by atoms with Crippen LogP contribution in [-0.2, 0) is 16.1 Å². The number of benzene rings is 2. The molecule has 3 aromatic rings. The van der Waals surface area contributed by atoms with E-state index in [0.29, 0.717) is 23.7 Å². The third-order valence-corrected chi connectivity index (χ3v) is 5.46. The number of hydrogen-bond acceptors (Lipinski definition) is 5. The fraction of sp³-hybridized carbons (Fsp3) is 0.125. The highest BCUT2D eigenvalue weighted by molar-refractivity contribution is 7.80. The molecule has 0 bridgehead atoms. The van der Waals surface area contributed by atoms with Crippen LogP contribution in [0.1, 0.15) is 5.56 Å². The zero-order valence-electron chi connectivity index (χ0n) is 17.6. The number of anilines is 1. The normalized spacial score (nSPS) is 15.2. The molecule has 2 heterocycles. The van der Waals surface area contributed by atoms with Crippen molar-refractivity contribution in [3.8, 4) is 11.5 Å². The molecule has 1 aromatic heterocycles. The molecule has 7 nitrogen and oxygen atoms in total. The van der Waals surface area contributed by atoms with Gasteiger partial charge in [-0.2, -0.15) is 0 Å². The van der Waals surface area contributed by atoms with Crippen molar-refractivity contribution in [3.63, 3.8) is 0 Å². The third-order valence-electron chi connectivity index (χ3n) is 5.17. The summed E-state index contributed by atoms with van der Waals surface area (Å²) in [5, 5.41) is 3.51. The number of ether oxygens (including phenoxy) is 2. The second-order valence-corrected chi connectivity index (χ2v) is 7.42. The molecule has 0 aliphatic carbocycles. The van der Waals surface area contributed by atoms with Crippen LogP contribution in [0.2, 0.25) is 0 Å². The number of fused-ring (bicyclic) bond motifs is 1. The number of aromatic nitrogens is 1. The molecule has 1 fully saturated rings. The van der Waals surface area contributed by atoms with Crippen molar-refractivity contribution >= 4 is 51.8 Å². The van der Waals surface area contributed by atoms with E-state index in [2.05, 4.69) is 11.9 Å². The summed E-state index contributed by atoms with van der Waals surface area (Å²) < 4.78 is 12.7. The number of nitrogens with one attached hydrogen (secondary N) is 1. The average Bonchev–Trinajstić information content (AvgIpc) is 3.14. The Morgan fingerprint density at radius 2 is 1.91 bits per heavy atom. The molecule has 0 atom stereocenters. The summed E-state index contributed by atoms with van der Waals surface area (Å²) in [4.78, 5) is 27.4. The molecule has 1 aliphatic heterocycles. The van der Waals surface area contributed by atoms with Gasteiger partial charge in [-0.1, -0.05) is 24.3 Å². The van der Waals surface area contributed by atoms with E-state index in [9.17, 15) is 9.59 Å². The Labute approximate surface area is 190 Å². The van der Waals surface area contributed by atoms with Crippen LogP contribution in [0, 0.1) is 0 Å². The minimum atomic E-state index is -0.552. The molecule has 32 heavy (non-hydrogen) atoms. The van der Waals surface area contributed by atoms with Crippen molar-refractivity contribution in [2.75, 3.05) is 19.1 Å². The van der Waals surface area contributed by atoms with Crippen molar-refractivity contribution in [1.82, 2.24) is 9.88 Å². The van der Waals surface area contributed by atoms with Crippen LogP contribution >= 0.6 is 12.2 Å². The summed E-state index contributed by atoms with van der Waals surface area (Å²) in [5.41, 5.74) is 2.10. The molecule has 2 aromatic carbocycles. The maximum absolute atomic E-state index is 13.4. The van der Waals surface area contributed by atoms with Gasteiger partial charge in [0.2, 0.25) is 0 Å². The summed E-state index contributed by atoms with van der Waals surface area (Å²) >= 11 is 5.31. The molecule has 0 saturated carbocycles. The molecule has 162 valence electrons. The van der Waals surface area contributed by atoms with Crippen LogP contribution in [0.5, 0.6) is 11.5 Å². The predicted molar refractivity (Wildman–Crippen MR) is 128 cm³/mol. The predicted octanol–water partition coefficient (Wildman–Crippen LogP) is 3.68. The summed E-state index contributed by atoms with van der Waals surface area (Å²) in [7, 11) is 3.02. The van der Waals surface area contributed by atoms with Gasteiger partial charge in [-0.15, -0.1) is 6.58 Å². The van der Waals surface area contributed by atoms with Gasteiger partial charge >= 0.3 is 0 Å². The highest BCUT2D eigenvalue weighted by atomic mass is 32.1. The van der Waals surface area contributed by atoms with E-state index in [1.54, 1.807) is 30.4 Å². The number of thiocarbonyl (C=S) groups is 1. The third kappa shape index (κ3) is 3.65. The molecular formula is C24H21N3O4S. The highest BCUT2D eigenvalue weighted by Crippen LogP contribution is 2.34. The Hall–Kier alpha value is -3.91. The number of para-hydroxylation sites is 1. The first-order valence-corrected chi connectivity index (χ1v) is 10.2. The van der Waals surface area contributed by atoms with Crippen molar-refractivity contribution in [2.45, 2.75) is 6.54 Å². The first-order valence-electron chi connectivity index (χ1n) is 9.80. The lowest BCUT2D eigenvalue weighted by Crippen LogP contribution is -2.54. The van der Waals surface area contributed by atoms with Gasteiger partial charge < -0.3 is 14.0 Å². The molecular weight excluding hydrogens is 426 g/mol. The maximum atomic E-state index is 13.4. The van der Waals surface area contributed by atoms with Crippen molar-refractivity contribution in [1.29, 1.82) is 0 Å². The topological polar surface area (TPSA) is 72.8 Å². The van der Waals surface area contributed by atoms with Gasteiger partial charge in [0, 0.05) is 35.3 Å². The number of allylic oxidation sites excluding steroid dienone is 1. The fourth-order valence-electron chi connectivity index (χ4n) is 3.68. The maximum Gasteiger partial charge on any atom is 0.270 e. The first-order chi connectivity index (χ1) is 15.5. The molecule has 2 amide bonds. The van der Waals surface area contributed by atoms with E-state index in [1.807, 2.05) is 35.0 Å². The van der Waals surface area contributed by atoms with Crippen LogP contribution in [0.3, 0.4) is 0 Å². The number of carbonyl (C=O) groups is 2. The lowest BCUT2D eigenvalue weighted by molar-refractivity contribution is -0.122. The van der Waals surface area contributed by atoms with Crippen molar-refractivity contribution in [3.05, 3.63) is 72.5 Å². The summed E-state index contributed by atoms with van der Waals surface area (Å²) in [5.74, 6) is -0.138. The zero-order chi connectivity index (χ0) is 22.8. The molecule has 1 N–H and O–H groups in total. The largest absolute Gasteiger partial charge is 0.497 e. The lowest BCUT2D eigenvalue weighted by atomic mass is 10.1. The molecule has 0 spiro atoms. The smallest absolute Gasteiger partial charge is 0.270 e. The van der Waals surface area contributed by atoms with Gasteiger partial charge in [-0.25, -0.2) is 4.90 Å². The minimum Gasteiger partial charge on any atom is -0.497 e. The number of methoxy groups -OCH3 is 2. The van der Waals surface area contributed by atoms with Crippen LogP contribution in [0.25, 0.3) is 17.0 Å². The van der Waals surface area contributed by atoms with Gasteiger partial charge in [0.25, 0.3) is 11.8 Å². The highest BCUT2D eigenvalue weighted by Gasteiger charge is 2.36. The zero-order valence-corrected chi connectivity index (χ0v) is 18.4. The van der Waals surface area contributed by atoms with E-state index in [4.69, 9.17) is 21.7 Å². The van der Waals surface area contributed by atoms with E-state index >= 15 is 0 Å². The second-order valence-electron chi connectivity index (χ2n) is 7.04. The standard InChI is InChI=1S/C24H21N3O4S/c1-4-11-26-14-15(17-7-5-6-8-19(17)26)12-18-22(28)25-24(32)27(23(18)29)20-10-9-16(30-2)13-21(20)31-3/h4-10,12-14H,1,11H2,2-3H3,(H,25,28,32)/b18-12+. The number of amides is 2. The molecule has 1 saturated heterocycles. The molecule has 1 aliphatic rings. The van der Waals surface area contributed by atoms with E-state index in [0.717, 1.165) is 16.5 Å². The summed E-state index contributed by atoms with van der Waals surface area (Å²) in [6.07, 6.45) is 5.27. The van der Waals surface area contributed by atoms with E-state index < -0.39 is 11.8 Å². The second kappa shape index (κ2) is 8.68. The van der Waals surface area contributed by atoms with Crippen molar-refractivity contribution < 1.29 is 19.1 Å². The fourth-order valence-corrected chi connectivity index (χ4v) is 3.96. The SMILES string of the molecule is C=CCn1cc(/C=C2\C(=O)NC(=S)N(c3ccc(OC)cc3OC)C2=O)c2ccccc21. The number of rotatable bonds is 6. The lowest BCUT2D eigenvalue weighted by Gasteiger charge is -2.30. The Bertz CT molecular complexity index is 1290. The Kier molecular flexibility index (Phi) is 5.79. The van der Waals surface area contributed by atoms with Crippen LogP contribution in [-0.4, -0.2) is 35.7 Å². The molecule has 8 heteroatoms. The summed E-state index contributed by atoms with van der Waals surface area (Å²) in [6.45, 7) is 4.40. The molecule has 4 rings (SSSR count). The summed E-state index contributed by atoms with van der Waals surface area (Å²) in [6, 6.07) is 12.8. The number of hydrogen-bond donors (Lipinski definition) is 1. The van der Waals surface area contributed by atoms with E-state index in [-0.39, 0.29) is 10.7 Å². The quantitative estimate of drug-likeness (QED) is 0.270. The Morgan fingerprint density at radius 1 is 1.12 bits per heavy atom. The van der Waals surface area contributed by atoms with Gasteiger partial charge in [-0.3, -0.25) is 14.9 Å². The van der Waals surface area contributed by atoms with E-state index in [1.165, 1.54) is 19.1 Å². The van der Waals surface area contributed by atoms with Crippen LogP contribution < -0.4 is 19.7 Å². The minimum absolute atomic E-state index is 0.0188. The van der Waals surface area contributed by atoms with Crippen LogP contribution in [0.4, 0.5) is 5.69 Å². The van der Waals surface area contributed by atoms with Gasteiger partial charge in [0.05, 0.1) is 19.9 Å². The van der Waals surface area contributed by atoms with Gasteiger partial charge in [-0.05, 0) is 36.5 Å². The van der Waals surface area contributed by atoms with Crippen LogP contribution in [0.15, 0.2) is 66.9 Å². The number of carbonyl (C=O) groups excluding carboxylic acids is 2. The molecule has 0 radical (unpaired) electrons. The monoisotopic (exact) mass is 447 g/mol. The Balaban J connectivity index is 1.81. The van der Waals surface area contributed by atoms with Crippen molar-refractivity contribution in [2.24, 2.45) is 0 Å². The Morgan fingerprint density at radius 3 is 2.62 bits per heavy atom. The van der Waals surface area contributed by atoms with Gasteiger partial charge in [0.1, 0.15) is 17.1 Å². The average molecular weight is 448 g/mol.